The van der Waals surface area contributed by atoms with E-state index in [1.54, 1.807) is 4.90 Å². The van der Waals surface area contributed by atoms with Gasteiger partial charge >= 0.3 is 0 Å². The molecule has 0 atom stereocenters. The number of hydrogen-bond donors (Lipinski definition) is 0. The third-order valence-corrected chi connectivity index (χ3v) is 3.77. The zero-order valence-electron chi connectivity index (χ0n) is 10.1. The standard InChI is InChI=1S/C13H17NO/c1-7-8(2)10(4)12-11(9(7)3)6-14(5)13(12)15/h6H2,1-5H3. The van der Waals surface area contributed by atoms with Crippen molar-refractivity contribution in [2.45, 2.75) is 34.2 Å². The first kappa shape index (κ1) is 10.2. The minimum Gasteiger partial charge on any atom is -0.337 e. The molecule has 0 radical (unpaired) electrons. The van der Waals surface area contributed by atoms with Crippen LogP contribution in [0.15, 0.2) is 0 Å². The lowest BCUT2D eigenvalue weighted by Crippen LogP contribution is -2.18. The molecule has 2 heteroatoms. The number of carbonyl (C=O) groups excluding carboxylic acids is 1. The normalized spacial score (nSPS) is 14.7. The Morgan fingerprint density at radius 1 is 0.933 bits per heavy atom. The first-order valence-electron chi connectivity index (χ1n) is 5.29. The van der Waals surface area contributed by atoms with E-state index in [1.807, 2.05) is 7.05 Å². The lowest BCUT2D eigenvalue weighted by molar-refractivity contribution is 0.0816. The van der Waals surface area contributed by atoms with Crippen molar-refractivity contribution < 1.29 is 4.79 Å². The van der Waals surface area contributed by atoms with Crippen molar-refractivity contribution in [3.05, 3.63) is 33.4 Å². The van der Waals surface area contributed by atoms with Crippen LogP contribution in [0.3, 0.4) is 0 Å². The van der Waals surface area contributed by atoms with Crippen molar-refractivity contribution in [2.24, 2.45) is 0 Å². The van der Waals surface area contributed by atoms with E-state index in [4.69, 9.17) is 0 Å². The van der Waals surface area contributed by atoms with Crippen molar-refractivity contribution in [3.63, 3.8) is 0 Å². The average Bonchev–Trinajstić information content (AvgIpc) is 2.50. The second-order valence-corrected chi connectivity index (χ2v) is 4.51. The van der Waals surface area contributed by atoms with Crippen LogP contribution in [0.4, 0.5) is 0 Å². The first-order chi connectivity index (χ1) is 6.95. The van der Waals surface area contributed by atoms with Gasteiger partial charge in [-0.2, -0.15) is 0 Å². The quantitative estimate of drug-likeness (QED) is 0.634. The van der Waals surface area contributed by atoms with E-state index in [0.717, 1.165) is 17.7 Å². The number of benzene rings is 1. The number of carbonyl (C=O) groups is 1. The third kappa shape index (κ3) is 1.21. The lowest BCUT2D eigenvalue weighted by atomic mass is 9.90. The monoisotopic (exact) mass is 203 g/mol. The number of hydrogen-bond acceptors (Lipinski definition) is 1. The summed E-state index contributed by atoms with van der Waals surface area (Å²) < 4.78 is 0. The Morgan fingerprint density at radius 2 is 1.47 bits per heavy atom. The van der Waals surface area contributed by atoms with E-state index in [1.165, 1.54) is 22.3 Å². The molecule has 1 aromatic rings. The molecule has 1 aliphatic heterocycles. The molecule has 1 aliphatic rings. The van der Waals surface area contributed by atoms with Crippen LogP contribution in [0.25, 0.3) is 0 Å². The largest absolute Gasteiger partial charge is 0.337 e. The maximum Gasteiger partial charge on any atom is 0.254 e. The number of nitrogens with zero attached hydrogens (tertiary/aromatic N) is 1. The Labute approximate surface area is 90.9 Å². The summed E-state index contributed by atoms with van der Waals surface area (Å²) in [4.78, 5) is 13.8. The van der Waals surface area contributed by atoms with Gasteiger partial charge in [-0.1, -0.05) is 0 Å². The second-order valence-electron chi connectivity index (χ2n) is 4.51. The van der Waals surface area contributed by atoms with Crippen molar-refractivity contribution in [2.75, 3.05) is 7.05 Å². The maximum atomic E-state index is 12.0. The van der Waals surface area contributed by atoms with E-state index in [-0.39, 0.29) is 5.91 Å². The van der Waals surface area contributed by atoms with Gasteiger partial charge in [0.25, 0.3) is 5.91 Å². The van der Waals surface area contributed by atoms with Crippen molar-refractivity contribution in [1.82, 2.24) is 4.90 Å². The zero-order chi connectivity index (χ0) is 11.3. The van der Waals surface area contributed by atoms with E-state index in [2.05, 4.69) is 27.7 Å². The van der Waals surface area contributed by atoms with Gasteiger partial charge in [-0.3, -0.25) is 4.79 Å². The molecule has 15 heavy (non-hydrogen) atoms. The van der Waals surface area contributed by atoms with Crippen LogP contribution in [-0.2, 0) is 6.54 Å². The number of rotatable bonds is 0. The van der Waals surface area contributed by atoms with E-state index >= 15 is 0 Å². The fourth-order valence-electron chi connectivity index (χ4n) is 2.38. The van der Waals surface area contributed by atoms with Crippen LogP contribution in [0.5, 0.6) is 0 Å². The molecule has 0 fully saturated rings. The van der Waals surface area contributed by atoms with Crippen LogP contribution in [0, 0.1) is 27.7 Å². The smallest absolute Gasteiger partial charge is 0.254 e. The van der Waals surface area contributed by atoms with E-state index in [0.29, 0.717) is 0 Å². The molecule has 2 rings (SSSR count). The molecule has 0 unspecified atom stereocenters. The predicted octanol–water partition coefficient (Wildman–Crippen LogP) is 2.51. The number of amides is 1. The molecule has 0 saturated heterocycles. The lowest BCUT2D eigenvalue weighted by Gasteiger charge is -2.13. The summed E-state index contributed by atoms with van der Waals surface area (Å²) in [5, 5.41) is 0. The van der Waals surface area contributed by atoms with Gasteiger partial charge < -0.3 is 4.90 Å². The van der Waals surface area contributed by atoms with Crippen LogP contribution < -0.4 is 0 Å². The topological polar surface area (TPSA) is 20.3 Å². The van der Waals surface area contributed by atoms with Crippen molar-refractivity contribution in [3.8, 4) is 0 Å². The molecule has 0 aromatic heterocycles. The summed E-state index contributed by atoms with van der Waals surface area (Å²) in [6.45, 7) is 9.18. The minimum absolute atomic E-state index is 0.175. The zero-order valence-corrected chi connectivity index (χ0v) is 10.1. The Bertz CT molecular complexity index is 460. The highest BCUT2D eigenvalue weighted by atomic mass is 16.2. The summed E-state index contributed by atoms with van der Waals surface area (Å²) >= 11 is 0. The molecule has 0 N–H and O–H groups in total. The van der Waals surface area contributed by atoms with Crippen LogP contribution >= 0.6 is 0 Å². The fraction of sp³-hybridized carbons (Fsp3) is 0.462. The summed E-state index contributed by atoms with van der Waals surface area (Å²) in [6, 6.07) is 0. The Morgan fingerprint density at radius 3 is 2.07 bits per heavy atom. The van der Waals surface area contributed by atoms with Crippen molar-refractivity contribution >= 4 is 5.91 Å². The highest BCUT2D eigenvalue weighted by Gasteiger charge is 2.29. The molecule has 1 amide bonds. The van der Waals surface area contributed by atoms with Gasteiger partial charge in [0.05, 0.1) is 0 Å². The van der Waals surface area contributed by atoms with Crippen LogP contribution in [0.2, 0.25) is 0 Å². The van der Waals surface area contributed by atoms with Gasteiger partial charge in [0.15, 0.2) is 0 Å². The Hall–Kier alpha value is -1.31. The summed E-state index contributed by atoms with van der Waals surface area (Å²) in [5.41, 5.74) is 7.19. The highest BCUT2D eigenvalue weighted by Crippen LogP contribution is 2.32. The highest BCUT2D eigenvalue weighted by molar-refractivity contribution is 6.00. The second kappa shape index (κ2) is 3.09. The van der Waals surface area contributed by atoms with Crippen LogP contribution in [0.1, 0.15) is 38.2 Å². The van der Waals surface area contributed by atoms with Gasteiger partial charge in [-0.15, -0.1) is 0 Å². The predicted molar refractivity (Wildman–Crippen MR) is 61.2 cm³/mol. The van der Waals surface area contributed by atoms with Gasteiger partial charge in [-0.05, 0) is 55.5 Å². The van der Waals surface area contributed by atoms with Gasteiger partial charge in [-0.25, -0.2) is 0 Å². The molecular weight excluding hydrogens is 186 g/mol. The fourth-order valence-corrected chi connectivity index (χ4v) is 2.38. The molecule has 0 bridgehead atoms. The third-order valence-electron chi connectivity index (χ3n) is 3.77. The SMILES string of the molecule is Cc1c(C)c(C)c2c(c1C)CN(C)C2=O. The van der Waals surface area contributed by atoms with Crippen LogP contribution in [-0.4, -0.2) is 17.9 Å². The summed E-state index contributed by atoms with van der Waals surface area (Å²) in [5.74, 6) is 0.175. The molecule has 1 heterocycles. The molecule has 0 spiro atoms. The molecule has 0 aliphatic carbocycles. The molecule has 2 nitrogen and oxygen atoms in total. The summed E-state index contributed by atoms with van der Waals surface area (Å²) in [6.07, 6.45) is 0. The summed E-state index contributed by atoms with van der Waals surface area (Å²) in [7, 11) is 1.87. The van der Waals surface area contributed by atoms with E-state index < -0.39 is 0 Å². The maximum absolute atomic E-state index is 12.0. The minimum atomic E-state index is 0.175. The molecule has 0 saturated carbocycles. The molecular formula is C13H17NO. The number of fused-ring (bicyclic) bond motifs is 1. The van der Waals surface area contributed by atoms with E-state index in [9.17, 15) is 4.79 Å². The molecule has 80 valence electrons. The van der Waals surface area contributed by atoms with Gasteiger partial charge in [0.2, 0.25) is 0 Å². The Kier molecular flexibility index (Phi) is 2.10. The van der Waals surface area contributed by atoms with Gasteiger partial charge in [0.1, 0.15) is 0 Å². The van der Waals surface area contributed by atoms with Crippen molar-refractivity contribution in [1.29, 1.82) is 0 Å². The van der Waals surface area contributed by atoms with Gasteiger partial charge in [0, 0.05) is 19.2 Å². The first-order valence-corrected chi connectivity index (χ1v) is 5.29. The average molecular weight is 203 g/mol. The molecule has 1 aromatic carbocycles. The Balaban J connectivity index is 2.81.